The van der Waals surface area contributed by atoms with E-state index in [9.17, 15) is 13.2 Å². The lowest BCUT2D eigenvalue weighted by molar-refractivity contribution is -0.137. The van der Waals surface area contributed by atoms with E-state index in [1.54, 1.807) is 12.1 Å². The van der Waals surface area contributed by atoms with E-state index in [1.165, 1.54) is 18.3 Å². The summed E-state index contributed by atoms with van der Waals surface area (Å²) in [6, 6.07) is 22.7. The fraction of sp³-hybridized carbons (Fsp3) is 0.0500. The maximum Gasteiger partial charge on any atom is 0.417 e. The zero-order chi connectivity index (χ0) is 17.7. The molecule has 3 aromatic carbocycles. The van der Waals surface area contributed by atoms with Crippen molar-refractivity contribution in [3.63, 3.8) is 0 Å². The SMILES string of the molecule is FC(F)(F)c1ccccc1/C=N/Nc1cccc(-c2ccccc2)c1. The number of nitrogens with one attached hydrogen (secondary N) is 1. The van der Waals surface area contributed by atoms with Crippen molar-refractivity contribution in [1.29, 1.82) is 0 Å². The highest BCUT2D eigenvalue weighted by atomic mass is 19.4. The van der Waals surface area contributed by atoms with Crippen LogP contribution in [0.25, 0.3) is 11.1 Å². The maximum absolute atomic E-state index is 13.0. The molecule has 0 aliphatic heterocycles. The van der Waals surface area contributed by atoms with E-state index in [1.807, 2.05) is 48.5 Å². The molecule has 3 aromatic rings. The largest absolute Gasteiger partial charge is 0.417 e. The van der Waals surface area contributed by atoms with Gasteiger partial charge in [-0.2, -0.15) is 18.3 Å². The molecule has 25 heavy (non-hydrogen) atoms. The van der Waals surface area contributed by atoms with E-state index in [4.69, 9.17) is 0 Å². The molecule has 126 valence electrons. The summed E-state index contributed by atoms with van der Waals surface area (Å²) in [5, 5.41) is 3.95. The maximum atomic E-state index is 13.0. The van der Waals surface area contributed by atoms with E-state index >= 15 is 0 Å². The van der Waals surface area contributed by atoms with Gasteiger partial charge >= 0.3 is 6.18 Å². The molecule has 0 amide bonds. The van der Waals surface area contributed by atoms with Crippen molar-refractivity contribution < 1.29 is 13.2 Å². The third kappa shape index (κ3) is 4.26. The summed E-state index contributed by atoms with van der Waals surface area (Å²) in [6.07, 6.45) is -3.23. The summed E-state index contributed by atoms with van der Waals surface area (Å²) >= 11 is 0. The van der Waals surface area contributed by atoms with Crippen LogP contribution < -0.4 is 5.43 Å². The highest BCUT2D eigenvalue weighted by molar-refractivity contribution is 5.82. The van der Waals surface area contributed by atoms with Gasteiger partial charge in [0, 0.05) is 5.56 Å². The Balaban J connectivity index is 1.78. The molecule has 0 atom stereocenters. The topological polar surface area (TPSA) is 24.4 Å². The van der Waals surface area contributed by atoms with Gasteiger partial charge in [-0.25, -0.2) is 0 Å². The van der Waals surface area contributed by atoms with E-state index < -0.39 is 11.7 Å². The van der Waals surface area contributed by atoms with Crippen LogP contribution in [0.1, 0.15) is 11.1 Å². The standard InChI is InChI=1S/C20H15F3N2/c21-20(22,23)19-12-5-4-9-17(19)14-24-25-18-11-6-10-16(13-18)15-7-2-1-3-8-15/h1-14,25H/b24-14+. The third-order valence-corrected chi connectivity index (χ3v) is 3.63. The number of nitrogens with zero attached hydrogens (tertiary/aromatic N) is 1. The molecule has 2 nitrogen and oxygen atoms in total. The van der Waals surface area contributed by atoms with E-state index in [0.717, 1.165) is 17.2 Å². The molecule has 0 aliphatic carbocycles. The van der Waals surface area contributed by atoms with Crippen molar-refractivity contribution in [3.8, 4) is 11.1 Å². The molecule has 3 rings (SSSR count). The number of alkyl halides is 3. The quantitative estimate of drug-likeness (QED) is 0.470. The number of halogens is 3. The predicted octanol–water partition coefficient (Wildman–Crippen LogP) is 5.82. The summed E-state index contributed by atoms with van der Waals surface area (Å²) in [4.78, 5) is 0. The van der Waals surface area contributed by atoms with Crippen LogP contribution in [0.15, 0.2) is 84.0 Å². The first-order valence-corrected chi connectivity index (χ1v) is 7.65. The smallest absolute Gasteiger partial charge is 0.278 e. The fourth-order valence-electron chi connectivity index (χ4n) is 2.44. The molecule has 5 heteroatoms. The Morgan fingerprint density at radius 2 is 1.44 bits per heavy atom. The molecule has 0 saturated heterocycles. The number of rotatable bonds is 4. The molecule has 0 aromatic heterocycles. The molecule has 0 aliphatic rings. The van der Waals surface area contributed by atoms with Gasteiger partial charge in [0.15, 0.2) is 0 Å². The van der Waals surface area contributed by atoms with Crippen molar-refractivity contribution >= 4 is 11.9 Å². The Hall–Kier alpha value is -3.08. The molecular formula is C20H15F3N2. The minimum Gasteiger partial charge on any atom is -0.278 e. The molecule has 0 radical (unpaired) electrons. The van der Waals surface area contributed by atoms with Crippen molar-refractivity contribution in [2.75, 3.05) is 5.43 Å². The second-order valence-corrected chi connectivity index (χ2v) is 5.40. The zero-order valence-electron chi connectivity index (χ0n) is 13.2. The average Bonchev–Trinajstić information content (AvgIpc) is 2.62. The lowest BCUT2D eigenvalue weighted by Gasteiger charge is -2.09. The Kier molecular flexibility index (Phi) is 4.84. The van der Waals surface area contributed by atoms with Crippen molar-refractivity contribution in [3.05, 3.63) is 90.0 Å². The number of anilines is 1. The first kappa shape index (κ1) is 16.8. The second kappa shape index (κ2) is 7.21. The highest BCUT2D eigenvalue weighted by Gasteiger charge is 2.32. The molecule has 0 fully saturated rings. The van der Waals surface area contributed by atoms with Gasteiger partial charge in [0.05, 0.1) is 17.5 Å². The molecule has 1 N–H and O–H groups in total. The van der Waals surface area contributed by atoms with Gasteiger partial charge in [0.25, 0.3) is 0 Å². The predicted molar refractivity (Wildman–Crippen MR) is 94.5 cm³/mol. The van der Waals surface area contributed by atoms with Gasteiger partial charge in [-0.05, 0) is 29.3 Å². The summed E-state index contributed by atoms with van der Waals surface area (Å²) < 4.78 is 38.9. The third-order valence-electron chi connectivity index (χ3n) is 3.63. The summed E-state index contributed by atoms with van der Waals surface area (Å²) in [5.41, 5.74) is 4.84. The van der Waals surface area contributed by atoms with Crippen LogP contribution >= 0.6 is 0 Å². The van der Waals surface area contributed by atoms with E-state index in [2.05, 4.69) is 10.5 Å². The van der Waals surface area contributed by atoms with E-state index in [-0.39, 0.29) is 5.56 Å². The van der Waals surface area contributed by atoms with Gasteiger partial charge in [0.1, 0.15) is 0 Å². The average molecular weight is 340 g/mol. The minimum absolute atomic E-state index is 0.0155. The number of benzene rings is 3. The summed E-state index contributed by atoms with van der Waals surface area (Å²) in [6.45, 7) is 0. The molecular weight excluding hydrogens is 325 g/mol. The van der Waals surface area contributed by atoms with Crippen LogP contribution in [0.2, 0.25) is 0 Å². The number of hydrogen-bond donors (Lipinski definition) is 1. The number of hydrazone groups is 1. The number of hydrogen-bond acceptors (Lipinski definition) is 2. The molecule has 0 spiro atoms. The van der Waals surface area contributed by atoms with Gasteiger partial charge in [0.2, 0.25) is 0 Å². The lowest BCUT2D eigenvalue weighted by atomic mass is 10.1. The first-order valence-electron chi connectivity index (χ1n) is 7.65. The molecule has 0 saturated carbocycles. The van der Waals surface area contributed by atoms with E-state index in [0.29, 0.717) is 5.69 Å². The Bertz CT molecular complexity index is 871. The molecule has 0 bridgehead atoms. The van der Waals surface area contributed by atoms with Crippen LogP contribution in [-0.4, -0.2) is 6.21 Å². The van der Waals surface area contributed by atoms with Crippen LogP contribution in [0.3, 0.4) is 0 Å². The van der Waals surface area contributed by atoms with Crippen molar-refractivity contribution in [2.24, 2.45) is 5.10 Å². The fourth-order valence-corrected chi connectivity index (χ4v) is 2.44. The monoisotopic (exact) mass is 340 g/mol. The Labute approximate surface area is 143 Å². The van der Waals surface area contributed by atoms with Gasteiger partial charge in [-0.3, -0.25) is 5.43 Å². The second-order valence-electron chi connectivity index (χ2n) is 5.40. The highest BCUT2D eigenvalue weighted by Crippen LogP contribution is 2.31. The van der Waals surface area contributed by atoms with Crippen LogP contribution in [-0.2, 0) is 6.18 Å². The summed E-state index contributed by atoms with van der Waals surface area (Å²) in [7, 11) is 0. The molecule has 0 unspecified atom stereocenters. The van der Waals surface area contributed by atoms with Crippen LogP contribution in [0.4, 0.5) is 18.9 Å². The van der Waals surface area contributed by atoms with Crippen LogP contribution in [0, 0.1) is 0 Å². The Morgan fingerprint density at radius 1 is 0.760 bits per heavy atom. The van der Waals surface area contributed by atoms with Gasteiger partial charge in [-0.15, -0.1) is 0 Å². The van der Waals surface area contributed by atoms with Gasteiger partial charge < -0.3 is 0 Å². The normalized spacial score (nSPS) is 11.6. The summed E-state index contributed by atoms with van der Waals surface area (Å²) in [5.74, 6) is 0. The minimum atomic E-state index is -4.41. The molecule has 0 heterocycles. The van der Waals surface area contributed by atoms with Crippen LogP contribution in [0.5, 0.6) is 0 Å². The lowest BCUT2D eigenvalue weighted by Crippen LogP contribution is -2.08. The van der Waals surface area contributed by atoms with Crippen molar-refractivity contribution in [2.45, 2.75) is 6.18 Å². The zero-order valence-corrected chi connectivity index (χ0v) is 13.2. The van der Waals surface area contributed by atoms with Crippen molar-refractivity contribution in [1.82, 2.24) is 0 Å². The first-order chi connectivity index (χ1) is 12.0. The Morgan fingerprint density at radius 3 is 2.20 bits per heavy atom. The van der Waals surface area contributed by atoms with Gasteiger partial charge in [-0.1, -0.05) is 60.7 Å².